The Morgan fingerprint density at radius 3 is 2.71 bits per heavy atom. The first-order valence-electron chi connectivity index (χ1n) is 13.1. The molecule has 1 aromatic carbocycles. The van der Waals surface area contributed by atoms with E-state index in [0.29, 0.717) is 34.5 Å². The molecule has 4 heterocycles. The predicted molar refractivity (Wildman–Crippen MR) is 148 cm³/mol. The zero-order valence-corrected chi connectivity index (χ0v) is 21.7. The molecule has 1 atom stereocenters. The zero-order valence-electron chi connectivity index (χ0n) is 20.9. The normalized spacial score (nSPS) is 19.1. The Labute approximate surface area is 224 Å². The van der Waals surface area contributed by atoms with Crippen LogP contribution in [0.15, 0.2) is 69.5 Å². The molecule has 0 saturated heterocycles. The molecule has 3 aromatic rings. The summed E-state index contributed by atoms with van der Waals surface area (Å²) in [5, 5.41) is 3.75. The number of rotatable bonds is 6. The number of hydrogen-bond donors (Lipinski definition) is 1. The van der Waals surface area contributed by atoms with Crippen LogP contribution in [0, 0.1) is 0 Å². The van der Waals surface area contributed by atoms with Crippen LogP contribution in [0.2, 0.25) is 0 Å². The van der Waals surface area contributed by atoms with Gasteiger partial charge in [-0.25, -0.2) is 9.98 Å². The predicted octanol–water partition coefficient (Wildman–Crippen LogP) is 3.82. The van der Waals surface area contributed by atoms with Gasteiger partial charge in [0.05, 0.1) is 11.4 Å². The van der Waals surface area contributed by atoms with Crippen molar-refractivity contribution in [2.75, 3.05) is 0 Å². The minimum atomic E-state index is -0.600. The van der Waals surface area contributed by atoms with Crippen molar-refractivity contribution >= 4 is 45.9 Å². The summed E-state index contributed by atoms with van der Waals surface area (Å²) in [4.78, 5) is 54.1. The molecule has 38 heavy (non-hydrogen) atoms. The van der Waals surface area contributed by atoms with Gasteiger partial charge in [0.2, 0.25) is 5.91 Å². The second-order valence-corrected chi connectivity index (χ2v) is 10.8. The molecule has 2 amide bonds. The highest BCUT2D eigenvalue weighted by atomic mass is 32.2. The van der Waals surface area contributed by atoms with Crippen LogP contribution in [0.1, 0.15) is 56.2 Å². The molecular weight excluding hydrogens is 500 g/mol. The lowest BCUT2D eigenvalue weighted by Gasteiger charge is -2.31. The van der Waals surface area contributed by atoms with E-state index < -0.39 is 6.04 Å². The van der Waals surface area contributed by atoms with Crippen molar-refractivity contribution in [1.82, 2.24) is 19.6 Å². The number of aliphatic imine (C=N–C) groups is 2. The van der Waals surface area contributed by atoms with Gasteiger partial charge < -0.3 is 5.32 Å². The van der Waals surface area contributed by atoms with E-state index in [1.807, 2.05) is 35.2 Å². The molecule has 2 aromatic heterocycles. The number of benzene rings is 1. The summed E-state index contributed by atoms with van der Waals surface area (Å²) in [5.74, 6) is 0.668. The van der Waals surface area contributed by atoms with E-state index in [1.54, 1.807) is 18.3 Å². The third kappa shape index (κ3) is 4.88. The first-order valence-corrected chi connectivity index (χ1v) is 14.0. The fourth-order valence-corrected chi connectivity index (χ4v) is 6.25. The van der Waals surface area contributed by atoms with Crippen molar-refractivity contribution < 1.29 is 9.59 Å². The average Bonchev–Trinajstić information content (AvgIpc) is 3.27. The van der Waals surface area contributed by atoms with Crippen molar-refractivity contribution in [2.24, 2.45) is 9.98 Å². The number of carbonyl (C=O) groups is 2. The fourth-order valence-electron chi connectivity index (χ4n) is 5.31. The highest BCUT2D eigenvalue weighted by Gasteiger charge is 2.41. The van der Waals surface area contributed by atoms with E-state index in [2.05, 4.69) is 15.3 Å². The first-order chi connectivity index (χ1) is 18.6. The van der Waals surface area contributed by atoms with Crippen LogP contribution in [-0.2, 0) is 15.3 Å². The van der Waals surface area contributed by atoms with E-state index in [1.165, 1.54) is 28.6 Å². The number of amides is 2. The number of nitrogens with one attached hydrogen (secondary N) is 1. The zero-order chi connectivity index (χ0) is 26.1. The van der Waals surface area contributed by atoms with E-state index >= 15 is 0 Å². The van der Waals surface area contributed by atoms with E-state index in [-0.39, 0.29) is 29.8 Å². The summed E-state index contributed by atoms with van der Waals surface area (Å²) in [6, 6.07) is 14.2. The molecule has 2 aliphatic heterocycles. The number of fused-ring (bicyclic) bond motifs is 4. The van der Waals surface area contributed by atoms with Crippen LogP contribution < -0.4 is 10.9 Å². The lowest BCUT2D eigenvalue weighted by Crippen LogP contribution is -2.44. The maximum absolute atomic E-state index is 13.1. The maximum Gasteiger partial charge on any atom is 0.270 e. The Balaban J connectivity index is 1.22. The molecular formula is C28H28N6O3S. The molecule has 0 radical (unpaired) electrons. The molecule has 6 rings (SSSR count). The summed E-state index contributed by atoms with van der Waals surface area (Å²) in [6.45, 7) is 0. The standard InChI is InChI=1S/C28H28N6O3S/c35-24(30-18-8-2-1-3-9-18)14-13-22-27(37)32-26-20-10-4-5-11-21(20)31-28(34(22)26)38-17-19-16-25(36)33-15-7-6-12-23(33)29-19/h4-7,10-12,15-16,18,22H,1-3,8-9,13-14,17H2,(H,30,35). The van der Waals surface area contributed by atoms with Gasteiger partial charge in [0.25, 0.3) is 11.5 Å². The van der Waals surface area contributed by atoms with Crippen LogP contribution in [0.3, 0.4) is 0 Å². The summed E-state index contributed by atoms with van der Waals surface area (Å²) in [7, 11) is 0. The smallest absolute Gasteiger partial charge is 0.270 e. The summed E-state index contributed by atoms with van der Waals surface area (Å²) in [6.07, 6.45) is 7.84. The van der Waals surface area contributed by atoms with Gasteiger partial charge in [-0.1, -0.05) is 49.2 Å². The lowest BCUT2D eigenvalue weighted by atomic mass is 9.95. The highest BCUT2D eigenvalue weighted by Crippen LogP contribution is 2.35. The summed E-state index contributed by atoms with van der Waals surface area (Å²) in [5.41, 5.74) is 2.58. The molecule has 10 heteroatoms. The van der Waals surface area contributed by atoms with Crippen LogP contribution in [0.25, 0.3) is 5.65 Å². The van der Waals surface area contributed by atoms with E-state index in [9.17, 15) is 14.4 Å². The molecule has 0 spiro atoms. The van der Waals surface area contributed by atoms with Crippen LogP contribution >= 0.6 is 11.8 Å². The topological polar surface area (TPSA) is 108 Å². The third-order valence-corrected chi connectivity index (χ3v) is 8.18. The van der Waals surface area contributed by atoms with Gasteiger partial charge >= 0.3 is 0 Å². The number of nitrogens with zero attached hydrogens (tertiary/aromatic N) is 5. The molecule has 3 aliphatic rings. The van der Waals surface area contributed by atoms with Crippen molar-refractivity contribution in [2.45, 2.75) is 62.8 Å². The molecule has 1 fully saturated rings. The molecule has 1 aliphatic carbocycles. The number of carbonyl (C=O) groups excluding carboxylic acids is 2. The number of pyridine rings is 1. The summed E-state index contributed by atoms with van der Waals surface area (Å²) < 4.78 is 1.50. The SMILES string of the molecule is O=C(CCC1C(=O)N=C2c3ccccc3N=C(SCc3cc(=O)n4ccccc4n3)N21)NC1CCCCC1. The Hall–Kier alpha value is -3.79. The lowest BCUT2D eigenvalue weighted by molar-refractivity contribution is -0.123. The van der Waals surface area contributed by atoms with Crippen LogP contribution in [0.5, 0.6) is 0 Å². The maximum atomic E-state index is 13.1. The Kier molecular flexibility index (Phi) is 6.80. The van der Waals surface area contributed by atoms with Gasteiger partial charge in [-0.15, -0.1) is 0 Å². The molecule has 1 N–H and O–H groups in total. The van der Waals surface area contributed by atoms with E-state index in [0.717, 1.165) is 36.9 Å². The van der Waals surface area contributed by atoms with Crippen molar-refractivity contribution in [3.05, 3.63) is 76.3 Å². The van der Waals surface area contributed by atoms with Gasteiger partial charge in [0.15, 0.2) is 5.17 Å². The monoisotopic (exact) mass is 528 g/mol. The molecule has 0 bridgehead atoms. The molecule has 9 nitrogen and oxygen atoms in total. The summed E-state index contributed by atoms with van der Waals surface area (Å²) >= 11 is 1.41. The fraction of sp³-hybridized carbons (Fsp3) is 0.357. The number of para-hydroxylation sites is 1. The number of thioether (sulfide) groups is 1. The van der Waals surface area contributed by atoms with Gasteiger partial charge in [0.1, 0.15) is 17.5 Å². The van der Waals surface area contributed by atoms with Crippen molar-refractivity contribution in [1.29, 1.82) is 0 Å². The molecule has 194 valence electrons. The number of amidine groups is 2. The number of hydrogen-bond acceptors (Lipinski definition) is 7. The quantitative estimate of drug-likeness (QED) is 0.521. The van der Waals surface area contributed by atoms with Crippen LogP contribution in [-0.4, -0.2) is 49.2 Å². The first kappa shape index (κ1) is 24.5. The van der Waals surface area contributed by atoms with Crippen LogP contribution in [0.4, 0.5) is 5.69 Å². The Morgan fingerprint density at radius 2 is 1.84 bits per heavy atom. The van der Waals surface area contributed by atoms with Crippen molar-refractivity contribution in [3.8, 4) is 0 Å². The van der Waals surface area contributed by atoms with Gasteiger partial charge in [-0.2, -0.15) is 4.99 Å². The Bertz CT molecular complexity index is 1520. The Morgan fingerprint density at radius 1 is 1.03 bits per heavy atom. The highest BCUT2D eigenvalue weighted by molar-refractivity contribution is 8.13. The second-order valence-electron chi connectivity index (χ2n) is 9.82. The largest absolute Gasteiger partial charge is 0.353 e. The third-order valence-electron chi connectivity index (χ3n) is 7.20. The second kappa shape index (κ2) is 10.5. The minimum Gasteiger partial charge on any atom is -0.353 e. The minimum absolute atomic E-state index is 0.0254. The van der Waals surface area contributed by atoms with Gasteiger partial charge in [0, 0.05) is 36.0 Å². The van der Waals surface area contributed by atoms with Gasteiger partial charge in [-0.3, -0.25) is 23.7 Å². The number of aromatic nitrogens is 2. The molecule has 1 saturated carbocycles. The van der Waals surface area contributed by atoms with Crippen molar-refractivity contribution in [3.63, 3.8) is 0 Å². The average molecular weight is 529 g/mol. The molecule has 1 unspecified atom stereocenters. The van der Waals surface area contributed by atoms with Gasteiger partial charge in [-0.05, 0) is 43.5 Å². The van der Waals surface area contributed by atoms with E-state index in [4.69, 9.17) is 4.99 Å².